The van der Waals surface area contributed by atoms with Gasteiger partial charge in [-0.3, -0.25) is 14.2 Å². The molecular weight excluding hydrogens is 388 g/mol. The Hall–Kier alpha value is -4.12. The molecule has 3 heterocycles. The largest absolute Gasteiger partial charge is 0.493 e. The van der Waals surface area contributed by atoms with Gasteiger partial charge in [-0.1, -0.05) is 48.5 Å². The Morgan fingerprint density at radius 1 is 0.806 bits per heavy atom. The van der Waals surface area contributed by atoms with Gasteiger partial charge in [0.15, 0.2) is 11.5 Å². The highest BCUT2D eigenvalue weighted by atomic mass is 16.5. The number of ether oxygens (including phenoxy) is 2. The second-order valence-corrected chi connectivity index (χ2v) is 7.49. The van der Waals surface area contributed by atoms with E-state index in [9.17, 15) is 4.79 Å². The number of hydrogen-bond acceptors (Lipinski definition) is 4. The third-order valence-electron chi connectivity index (χ3n) is 5.99. The van der Waals surface area contributed by atoms with Crippen LogP contribution in [0, 0.1) is 0 Å². The van der Waals surface area contributed by atoms with Gasteiger partial charge in [-0.15, -0.1) is 0 Å². The molecule has 0 atom stereocenters. The fourth-order valence-electron chi connectivity index (χ4n) is 4.68. The first-order valence-corrected chi connectivity index (χ1v) is 10.0. The molecule has 0 saturated heterocycles. The molecule has 0 aliphatic heterocycles. The SMILES string of the molecule is COc1ccc2c(c1OC)c(=O)n1c3ccccc3c3c(-c4ccccc4)cnc2c31. The van der Waals surface area contributed by atoms with E-state index in [1.165, 1.54) is 0 Å². The Labute approximate surface area is 177 Å². The van der Waals surface area contributed by atoms with E-state index in [1.54, 1.807) is 18.6 Å². The van der Waals surface area contributed by atoms with E-state index in [0.29, 0.717) is 16.9 Å². The summed E-state index contributed by atoms with van der Waals surface area (Å²) < 4.78 is 12.8. The van der Waals surface area contributed by atoms with Gasteiger partial charge in [-0.05, 0) is 23.8 Å². The molecule has 3 aromatic heterocycles. The molecule has 3 aromatic carbocycles. The molecule has 0 amide bonds. The van der Waals surface area contributed by atoms with Crippen molar-refractivity contribution in [1.82, 2.24) is 9.38 Å². The summed E-state index contributed by atoms with van der Waals surface area (Å²) >= 11 is 0. The fourth-order valence-corrected chi connectivity index (χ4v) is 4.68. The van der Waals surface area contributed by atoms with Crippen molar-refractivity contribution in [3.63, 3.8) is 0 Å². The first kappa shape index (κ1) is 17.7. The van der Waals surface area contributed by atoms with Crippen LogP contribution < -0.4 is 15.0 Å². The summed E-state index contributed by atoms with van der Waals surface area (Å²) in [4.78, 5) is 18.7. The molecule has 0 aliphatic rings. The summed E-state index contributed by atoms with van der Waals surface area (Å²) in [6, 6.07) is 21.8. The van der Waals surface area contributed by atoms with Gasteiger partial charge in [-0.2, -0.15) is 0 Å². The normalized spacial score (nSPS) is 11.7. The Morgan fingerprint density at radius 3 is 2.35 bits per heavy atom. The van der Waals surface area contributed by atoms with E-state index in [2.05, 4.69) is 18.2 Å². The molecular formula is C26H18N2O3. The Balaban J connectivity index is 1.94. The maximum Gasteiger partial charge on any atom is 0.267 e. The average Bonchev–Trinajstić information content (AvgIpc) is 3.18. The van der Waals surface area contributed by atoms with Gasteiger partial charge in [0.2, 0.25) is 0 Å². The second kappa shape index (κ2) is 6.44. The third kappa shape index (κ3) is 2.26. The molecule has 0 aliphatic carbocycles. The predicted octanol–water partition coefficient (Wildman–Crippen LogP) is 5.28. The number of nitrogens with zero attached hydrogens (tertiary/aromatic N) is 2. The monoisotopic (exact) mass is 406 g/mol. The van der Waals surface area contributed by atoms with E-state index >= 15 is 0 Å². The van der Waals surface area contributed by atoms with Crippen molar-refractivity contribution in [1.29, 1.82) is 0 Å². The van der Waals surface area contributed by atoms with E-state index in [1.807, 2.05) is 54.7 Å². The molecule has 5 heteroatoms. The molecule has 0 fully saturated rings. The fraction of sp³-hybridized carbons (Fsp3) is 0.0769. The van der Waals surface area contributed by atoms with Crippen LogP contribution in [0.4, 0.5) is 0 Å². The first-order valence-electron chi connectivity index (χ1n) is 10.0. The number of hydrogen-bond donors (Lipinski definition) is 0. The molecule has 6 rings (SSSR count). The van der Waals surface area contributed by atoms with Crippen LogP contribution in [0.15, 0.2) is 77.7 Å². The first-order chi connectivity index (χ1) is 15.2. The Bertz CT molecular complexity index is 1670. The van der Waals surface area contributed by atoms with Crippen molar-refractivity contribution < 1.29 is 9.47 Å². The highest BCUT2D eigenvalue weighted by molar-refractivity contribution is 6.23. The van der Waals surface area contributed by atoms with Crippen molar-refractivity contribution >= 4 is 38.1 Å². The van der Waals surface area contributed by atoms with Gasteiger partial charge in [0, 0.05) is 27.9 Å². The molecule has 6 aromatic rings. The third-order valence-corrected chi connectivity index (χ3v) is 5.99. The number of fused-ring (bicyclic) bond motifs is 5. The molecule has 31 heavy (non-hydrogen) atoms. The summed E-state index contributed by atoms with van der Waals surface area (Å²) in [5, 5.41) is 3.27. The standard InChI is InChI=1S/C26H18N2O3/c1-30-20-13-12-17-22(25(20)31-2)26(29)28-19-11-7-6-10-16(19)21-18(14-27-23(17)24(21)28)15-8-4-3-5-9-15/h3-14H,1-2H3. The maximum atomic E-state index is 13.9. The highest BCUT2D eigenvalue weighted by Gasteiger charge is 2.23. The summed E-state index contributed by atoms with van der Waals surface area (Å²) in [5.74, 6) is 0.946. The summed E-state index contributed by atoms with van der Waals surface area (Å²) in [6.07, 6.45) is 1.90. The minimum atomic E-state index is -0.142. The lowest BCUT2D eigenvalue weighted by Crippen LogP contribution is -2.14. The number of pyridine rings is 2. The van der Waals surface area contributed by atoms with E-state index in [4.69, 9.17) is 14.5 Å². The van der Waals surface area contributed by atoms with Gasteiger partial charge in [0.25, 0.3) is 5.56 Å². The molecule has 0 spiro atoms. The van der Waals surface area contributed by atoms with Gasteiger partial charge < -0.3 is 9.47 Å². The van der Waals surface area contributed by atoms with Crippen LogP contribution in [-0.4, -0.2) is 23.6 Å². The van der Waals surface area contributed by atoms with Crippen molar-refractivity contribution in [2.24, 2.45) is 0 Å². The molecule has 0 radical (unpaired) electrons. The van der Waals surface area contributed by atoms with Crippen molar-refractivity contribution in [3.05, 3.63) is 83.3 Å². The Kier molecular flexibility index (Phi) is 3.68. The number of rotatable bonds is 3. The minimum absolute atomic E-state index is 0.142. The van der Waals surface area contributed by atoms with Crippen LogP contribution >= 0.6 is 0 Å². The van der Waals surface area contributed by atoms with E-state index < -0.39 is 0 Å². The Morgan fingerprint density at radius 2 is 1.58 bits per heavy atom. The van der Waals surface area contributed by atoms with Crippen LogP contribution in [0.3, 0.4) is 0 Å². The predicted molar refractivity (Wildman–Crippen MR) is 124 cm³/mol. The zero-order chi connectivity index (χ0) is 21.1. The highest BCUT2D eigenvalue weighted by Crippen LogP contribution is 2.41. The number of methoxy groups -OCH3 is 2. The number of aromatic nitrogens is 2. The molecule has 0 bridgehead atoms. The van der Waals surface area contributed by atoms with Crippen LogP contribution in [0.25, 0.3) is 49.2 Å². The minimum Gasteiger partial charge on any atom is -0.493 e. The van der Waals surface area contributed by atoms with E-state index in [0.717, 1.165) is 43.8 Å². The second-order valence-electron chi connectivity index (χ2n) is 7.49. The van der Waals surface area contributed by atoms with Crippen molar-refractivity contribution in [2.75, 3.05) is 14.2 Å². The lowest BCUT2D eigenvalue weighted by molar-refractivity contribution is 0.358. The van der Waals surface area contributed by atoms with Crippen LogP contribution in [0.5, 0.6) is 11.5 Å². The van der Waals surface area contributed by atoms with Gasteiger partial charge in [0.1, 0.15) is 0 Å². The molecule has 0 saturated carbocycles. The van der Waals surface area contributed by atoms with Gasteiger partial charge in [-0.25, -0.2) is 0 Å². The van der Waals surface area contributed by atoms with Crippen molar-refractivity contribution in [2.45, 2.75) is 0 Å². The van der Waals surface area contributed by atoms with Crippen LogP contribution in [0.1, 0.15) is 0 Å². The molecule has 5 nitrogen and oxygen atoms in total. The van der Waals surface area contributed by atoms with Gasteiger partial charge >= 0.3 is 0 Å². The molecule has 150 valence electrons. The van der Waals surface area contributed by atoms with Crippen molar-refractivity contribution in [3.8, 4) is 22.6 Å². The zero-order valence-electron chi connectivity index (χ0n) is 17.0. The molecule has 0 unspecified atom stereocenters. The van der Waals surface area contributed by atoms with Crippen LogP contribution in [0.2, 0.25) is 0 Å². The smallest absolute Gasteiger partial charge is 0.267 e. The topological polar surface area (TPSA) is 52.8 Å². The lowest BCUT2D eigenvalue weighted by Gasteiger charge is -2.13. The average molecular weight is 406 g/mol. The number of benzene rings is 3. The maximum absolute atomic E-state index is 13.9. The molecule has 0 N–H and O–H groups in total. The van der Waals surface area contributed by atoms with E-state index in [-0.39, 0.29) is 5.56 Å². The van der Waals surface area contributed by atoms with Crippen LogP contribution in [-0.2, 0) is 0 Å². The van der Waals surface area contributed by atoms with Gasteiger partial charge in [0.05, 0.1) is 36.2 Å². The zero-order valence-corrected chi connectivity index (χ0v) is 17.0. The summed E-state index contributed by atoms with van der Waals surface area (Å²) in [6.45, 7) is 0. The summed E-state index contributed by atoms with van der Waals surface area (Å²) in [5.41, 5.74) is 4.37. The quantitative estimate of drug-likeness (QED) is 0.376. The lowest BCUT2D eigenvalue weighted by atomic mass is 10.00. The number of para-hydroxylation sites is 1. The summed E-state index contributed by atoms with van der Waals surface area (Å²) in [7, 11) is 3.12.